The molecule has 1 fully saturated rings. The zero-order valence-electron chi connectivity index (χ0n) is 9.42. The molecule has 0 unspecified atom stereocenters. The van der Waals surface area contributed by atoms with Gasteiger partial charge in [0.2, 0.25) is 0 Å². The molecule has 0 heterocycles. The Labute approximate surface area is 118 Å². The number of nitrogens with two attached hydrogens (primary N) is 1. The number of aliphatic hydroxyl groups is 1. The van der Waals surface area contributed by atoms with Gasteiger partial charge in [-0.1, -0.05) is 15.9 Å². The summed E-state index contributed by atoms with van der Waals surface area (Å²) in [5.74, 6) is 0. The van der Waals surface area contributed by atoms with Crippen molar-refractivity contribution in [3.63, 3.8) is 0 Å². The van der Waals surface area contributed by atoms with E-state index >= 15 is 0 Å². The van der Waals surface area contributed by atoms with Crippen LogP contribution in [0, 0.1) is 0 Å². The minimum Gasteiger partial charge on any atom is -0.398 e. The van der Waals surface area contributed by atoms with Crippen LogP contribution in [0.1, 0.15) is 24.8 Å². The van der Waals surface area contributed by atoms with E-state index in [1.54, 1.807) is 0 Å². The Morgan fingerprint density at radius 2 is 2.12 bits per heavy atom. The zero-order valence-corrected chi connectivity index (χ0v) is 12.6. The second-order valence-corrected chi connectivity index (χ2v) is 6.28. The lowest BCUT2D eigenvalue weighted by Gasteiger charge is -2.14. The summed E-state index contributed by atoms with van der Waals surface area (Å²) in [7, 11) is 0. The molecule has 0 aliphatic heterocycles. The molecule has 0 radical (unpaired) electrons. The maximum atomic E-state index is 9.46. The van der Waals surface area contributed by atoms with Gasteiger partial charge in [0.05, 0.1) is 11.8 Å². The summed E-state index contributed by atoms with van der Waals surface area (Å²) in [5, 5.41) is 12.9. The van der Waals surface area contributed by atoms with Crippen molar-refractivity contribution < 1.29 is 5.11 Å². The van der Waals surface area contributed by atoms with E-state index in [1.165, 1.54) is 0 Å². The van der Waals surface area contributed by atoms with Gasteiger partial charge in [0.1, 0.15) is 0 Å². The zero-order chi connectivity index (χ0) is 12.4. The summed E-state index contributed by atoms with van der Waals surface area (Å²) in [4.78, 5) is 0. The predicted molar refractivity (Wildman–Crippen MR) is 76.7 cm³/mol. The van der Waals surface area contributed by atoms with Crippen molar-refractivity contribution in [2.45, 2.75) is 38.0 Å². The number of nitrogens with one attached hydrogen (secondary N) is 1. The molecule has 17 heavy (non-hydrogen) atoms. The predicted octanol–water partition coefficient (Wildman–Crippen LogP) is 2.80. The minimum atomic E-state index is -0.140. The molecular formula is C12H16Br2N2O. The summed E-state index contributed by atoms with van der Waals surface area (Å²) in [6, 6.07) is 4.37. The van der Waals surface area contributed by atoms with Gasteiger partial charge in [-0.3, -0.25) is 0 Å². The molecule has 1 aromatic carbocycles. The number of hydrogen-bond donors (Lipinski definition) is 3. The number of halogens is 2. The molecule has 2 rings (SSSR count). The van der Waals surface area contributed by atoms with E-state index in [1.807, 2.05) is 12.1 Å². The lowest BCUT2D eigenvalue weighted by Crippen LogP contribution is -2.26. The molecule has 0 saturated heterocycles. The standard InChI is InChI=1S/C12H16Br2N2O/c13-8-3-7(12(15)11(14)4-8)6-16-9-1-2-10(17)5-9/h3-4,9-10,16-17H,1-2,5-6,15H2/t9-,10+/m1/s1. The van der Waals surface area contributed by atoms with Gasteiger partial charge in [0, 0.05) is 21.5 Å². The van der Waals surface area contributed by atoms with Gasteiger partial charge in [0.25, 0.3) is 0 Å². The fourth-order valence-corrected chi connectivity index (χ4v) is 3.50. The first-order valence-electron chi connectivity index (χ1n) is 5.71. The molecule has 2 atom stereocenters. The quantitative estimate of drug-likeness (QED) is 0.723. The fraction of sp³-hybridized carbons (Fsp3) is 0.500. The highest BCUT2D eigenvalue weighted by atomic mass is 79.9. The molecule has 3 nitrogen and oxygen atoms in total. The summed E-state index contributed by atoms with van der Waals surface area (Å²) in [5.41, 5.74) is 7.86. The second kappa shape index (κ2) is 5.69. The Bertz CT molecular complexity index is 412. The Kier molecular flexibility index (Phi) is 4.47. The number of nitrogen functional groups attached to an aromatic ring is 1. The van der Waals surface area contributed by atoms with Crippen molar-refractivity contribution in [3.05, 3.63) is 26.6 Å². The number of rotatable bonds is 3. The van der Waals surface area contributed by atoms with Gasteiger partial charge >= 0.3 is 0 Å². The third-order valence-corrected chi connectivity index (χ3v) is 4.28. The lowest BCUT2D eigenvalue weighted by atomic mass is 10.1. The van der Waals surface area contributed by atoms with Crippen molar-refractivity contribution >= 4 is 37.5 Å². The number of hydrogen-bond acceptors (Lipinski definition) is 3. The van der Waals surface area contributed by atoms with Gasteiger partial charge < -0.3 is 16.2 Å². The molecule has 1 saturated carbocycles. The molecule has 0 aromatic heterocycles. The van der Waals surface area contributed by atoms with E-state index in [2.05, 4.69) is 37.2 Å². The van der Waals surface area contributed by atoms with Crippen LogP contribution in [-0.4, -0.2) is 17.3 Å². The van der Waals surface area contributed by atoms with Crippen LogP contribution in [0.15, 0.2) is 21.1 Å². The topological polar surface area (TPSA) is 58.3 Å². The highest BCUT2D eigenvalue weighted by molar-refractivity contribution is 9.11. The molecule has 1 aliphatic rings. The molecule has 1 aromatic rings. The highest BCUT2D eigenvalue weighted by Crippen LogP contribution is 2.28. The molecule has 4 N–H and O–H groups in total. The number of anilines is 1. The van der Waals surface area contributed by atoms with E-state index in [9.17, 15) is 5.11 Å². The van der Waals surface area contributed by atoms with E-state index < -0.39 is 0 Å². The van der Waals surface area contributed by atoms with Gasteiger partial charge in [-0.2, -0.15) is 0 Å². The third-order valence-electron chi connectivity index (χ3n) is 3.17. The molecule has 94 valence electrons. The number of benzene rings is 1. The van der Waals surface area contributed by atoms with E-state index in [4.69, 9.17) is 5.73 Å². The van der Waals surface area contributed by atoms with Crippen molar-refractivity contribution in [1.82, 2.24) is 5.32 Å². The minimum absolute atomic E-state index is 0.140. The molecule has 0 bridgehead atoms. The van der Waals surface area contributed by atoms with Gasteiger partial charge in [-0.05, 0) is 52.9 Å². The van der Waals surface area contributed by atoms with Crippen LogP contribution in [0.2, 0.25) is 0 Å². The molecule has 5 heteroatoms. The Balaban J connectivity index is 1.99. The summed E-state index contributed by atoms with van der Waals surface area (Å²) in [6.07, 6.45) is 2.64. The van der Waals surface area contributed by atoms with Crippen LogP contribution in [0.4, 0.5) is 5.69 Å². The maximum Gasteiger partial charge on any atom is 0.0555 e. The molecule has 0 spiro atoms. The first-order chi connectivity index (χ1) is 8.06. The van der Waals surface area contributed by atoms with Crippen molar-refractivity contribution in [2.24, 2.45) is 0 Å². The van der Waals surface area contributed by atoms with Crippen molar-refractivity contribution in [2.75, 3.05) is 5.73 Å². The third kappa shape index (κ3) is 3.44. The smallest absolute Gasteiger partial charge is 0.0555 e. The van der Waals surface area contributed by atoms with Crippen molar-refractivity contribution in [3.8, 4) is 0 Å². The first-order valence-corrected chi connectivity index (χ1v) is 7.29. The van der Waals surface area contributed by atoms with Gasteiger partial charge in [0.15, 0.2) is 0 Å². The van der Waals surface area contributed by atoms with Crippen LogP contribution in [0.3, 0.4) is 0 Å². The van der Waals surface area contributed by atoms with Gasteiger partial charge in [-0.15, -0.1) is 0 Å². The fourth-order valence-electron chi connectivity index (χ4n) is 2.18. The average molecular weight is 364 g/mol. The Hall–Kier alpha value is -0.100. The molecule has 1 aliphatic carbocycles. The normalized spacial score (nSPS) is 24.2. The summed E-state index contributed by atoms with van der Waals surface area (Å²) < 4.78 is 1.93. The van der Waals surface area contributed by atoms with Crippen LogP contribution in [0.25, 0.3) is 0 Å². The van der Waals surface area contributed by atoms with Crippen LogP contribution in [-0.2, 0) is 6.54 Å². The number of aliphatic hydroxyl groups excluding tert-OH is 1. The Morgan fingerprint density at radius 1 is 1.35 bits per heavy atom. The van der Waals surface area contributed by atoms with E-state index in [-0.39, 0.29) is 6.10 Å². The molecule has 0 amide bonds. The largest absolute Gasteiger partial charge is 0.398 e. The molecular weight excluding hydrogens is 348 g/mol. The average Bonchev–Trinajstić information content (AvgIpc) is 2.67. The first kappa shape index (κ1) is 13.3. The van der Waals surface area contributed by atoms with E-state index in [0.717, 1.165) is 46.0 Å². The van der Waals surface area contributed by atoms with Crippen molar-refractivity contribution in [1.29, 1.82) is 0 Å². The van der Waals surface area contributed by atoms with E-state index in [0.29, 0.717) is 6.04 Å². The van der Waals surface area contributed by atoms with Crippen LogP contribution < -0.4 is 11.1 Å². The SMILES string of the molecule is Nc1c(Br)cc(Br)cc1CN[C@@H]1CC[C@H](O)C1. The second-order valence-electron chi connectivity index (χ2n) is 4.51. The van der Waals surface area contributed by atoms with Gasteiger partial charge in [-0.25, -0.2) is 0 Å². The summed E-state index contributed by atoms with van der Waals surface area (Å²) in [6.45, 7) is 0.737. The van der Waals surface area contributed by atoms with Crippen LogP contribution >= 0.6 is 31.9 Å². The Morgan fingerprint density at radius 3 is 2.76 bits per heavy atom. The monoisotopic (exact) mass is 362 g/mol. The lowest BCUT2D eigenvalue weighted by molar-refractivity contribution is 0.179. The maximum absolute atomic E-state index is 9.46. The highest BCUT2D eigenvalue weighted by Gasteiger charge is 2.22. The van der Waals surface area contributed by atoms with Crippen LogP contribution in [0.5, 0.6) is 0 Å². The summed E-state index contributed by atoms with van der Waals surface area (Å²) >= 11 is 6.89.